The molecule has 1 aromatic rings. The molecule has 0 aliphatic carbocycles. The predicted molar refractivity (Wildman–Crippen MR) is 44.2 cm³/mol. The van der Waals surface area contributed by atoms with E-state index in [-0.39, 0.29) is 0 Å². The van der Waals surface area contributed by atoms with Crippen LogP contribution in [0.1, 0.15) is 4.88 Å². The Morgan fingerprint density at radius 1 is 1.60 bits per heavy atom. The summed E-state index contributed by atoms with van der Waals surface area (Å²) in [5.74, 6) is 0. The first-order valence-electron chi connectivity index (χ1n) is 2.81. The van der Waals surface area contributed by atoms with Crippen molar-refractivity contribution >= 4 is 30.0 Å². The summed E-state index contributed by atoms with van der Waals surface area (Å²) in [7, 11) is -1.36. The molecule has 0 amide bonds. The monoisotopic (exact) mass is 154 g/mol. The lowest BCUT2D eigenvalue weighted by Gasteiger charge is -1.88. The molecule has 2 N–H and O–H groups in total. The number of thiophene rings is 1. The first kappa shape index (κ1) is 7.53. The highest BCUT2D eigenvalue weighted by Crippen LogP contribution is 2.07. The Labute approximate surface area is 63.6 Å². The average molecular weight is 154 g/mol. The number of hydrogen-bond acceptors (Lipinski definition) is 3. The van der Waals surface area contributed by atoms with E-state index in [4.69, 9.17) is 10.0 Å². The maximum absolute atomic E-state index is 8.66. The van der Waals surface area contributed by atoms with E-state index in [1.165, 1.54) is 11.3 Å². The average Bonchev–Trinajstić information content (AvgIpc) is 2.34. The molecule has 0 saturated carbocycles. The van der Waals surface area contributed by atoms with Gasteiger partial charge in [-0.1, -0.05) is 12.7 Å². The molecule has 0 unspecified atom stereocenters. The van der Waals surface area contributed by atoms with Gasteiger partial charge in [0.1, 0.15) is 0 Å². The van der Waals surface area contributed by atoms with Crippen LogP contribution in [0.15, 0.2) is 18.0 Å². The van der Waals surface area contributed by atoms with Crippen LogP contribution in [0.4, 0.5) is 0 Å². The Balaban J connectivity index is 2.88. The molecule has 0 radical (unpaired) electrons. The lowest BCUT2D eigenvalue weighted by molar-refractivity contribution is 0.426. The van der Waals surface area contributed by atoms with E-state index in [0.717, 1.165) is 4.88 Å². The van der Waals surface area contributed by atoms with Crippen molar-refractivity contribution in [2.75, 3.05) is 0 Å². The van der Waals surface area contributed by atoms with E-state index in [1.807, 2.05) is 0 Å². The molecule has 0 aliphatic heterocycles. The van der Waals surface area contributed by atoms with Gasteiger partial charge in [-0.25, -0.2) is 0 Å². The first-order chi connectivity index (χ1) is 4.74. The molecule has 0 spiro atoms. The molecule has 10 heavy (non-hydrogen) atoms. The van der Waals surface area contributed by atoms with Crippen molar-refractivity contribution in [3.05, 3.63) is 22.9 Å². The van der Waals surface area contributed by atoms with Gasteiger partial charge in [0.05, 0.1) is 0 Å². The fourth-order valence-electron chi connectivity index (χ4n) is 0.611. The topological polar surface area (TPSA) is 40.5 Å². The summed E-state index contributed by atoms with van der Waals surface area (Å²) >= 11 is 1.44. The minimum absolute atomic E-state index is 0.528. The smallest absolute Gasteiger partial charge is 0.423 e. The predicted octanol–water partition coefficient (Wildman–Crippen LogP) is 0.0709. The molecule has 0 saturated heterocycles. The molecule has 1 rings (SSSR count). The molecule has 0 bridgehead atoms. The molecule has 1 heterocycles. The van der Waals surface area contributed by atoms with E-state index in [2.05, 4.69) is 6.58 Å². The van der Waals surface area contributed by atoms with Gasteiger partial charge in [0, 0.05) is 4.88 Å². The molecule has 0 aliphatic rings. The van der Waals surface area contributed by atoms with Crippen LogP contribution in [-0.4, -0.2) is 17.2 Å². The van der Waals surface area contributed by atoms with Crippen LogP contribution < -0.4 is 5.46 Å². The maximum atomic E-state index is 8.66. The minimum atomic E-state index is -1.36. The van der Waals surface area contributed by atoms with Gasteiger partial charge in [0.15, 0.2) is 0 Å². The van der Waals surface area contributed by atoms with Gasteiger partial charge >= 0.3 is 7.12 Å². The van der Waals surface area contributed by atoms with Gasteiger partial charge in [0.2, 0.25) is 0 Å². The van der Waals surface area contributed by atoms with Crippen LogP contribution in [0, 0.1) is 0 Å². The van der Waals surface area contributed by atoms with Crippen LogP contribution in [0.2, 0.25) is 0 Å². The molecule has 2 nitrogen and oxygen atoms in total. The number of hydrogen-bond donors (Lipinski definition) is 2. The van der Waals surface area contributed by atoms with Gasteiger partial charge in [-0.2, -0.15) is 0 Å². The summed E-state index contributed by atoms with van der Waals surface area (Å²) in [6, 6.07) is 1.70. The second-order valence-electron chi connectivity index (χ2n) is 1.86. The van der Waals surface area contributed by atoms with Crippen molar-refractivity contribution in [1.82, 2.24) is 0 Å². The molecule has 1 aromatic heterocycles. The standard InChI is InChI=1S/C6H7BO2S/c1-2-6-3-5(4-10-6)7(8)9/h2-4,8-9H,1H2. The second-order valence-corrected chi connectivity index (χ2v) is 2.80. The van der Waals surface area contributed by atoms with Gasteiger partial charge < -0.3 is 10.0 Å². The van der Waals surface area contributed by atoms with E-state index in [1.54, 1.807) is 17.5 Å². The summed E-state index contributed by atoms with van der Waals surface area (Å²) in [4.78, 5) is 0.947. The maximum Gasteiger partial charge on any atom is 0.489 e. The third kappa shape index (κ3) is 1.47. The minimum Gasteiger partial charge on any atom is -0.423 e. The summed E-state index contributed by atoms with van der Waals surface area (Å²) in [6.07, 6.45) is 1.68. The van der Waals surface area contributed by atoms with Crippen molar-refractivity contribution in [2.45, 2.75) is 0 Å². The van der Waals surface area contributed by atoms with Crippen LogP contribution in [0.25, 0.3) is 6.08 Å². The summed E-state index contributed by atoms with van der Waals surface area (Å²) in [5, 5.41) is 19.0. The Morgan fingerprint density at radius 2 is 2.30 bits per heavy atom. The summed E-state index contributed by atoms with van der Waals surface area (Å²) < 4.78 is 0. The van der Waals surface area contributed by atoms with Crippen LogP contribution in [0.3, 0.4) is 0 Å². The van der Waals surface area contributed by atoms with Crippen molar-refractivity contribution in [2.24, 2.45) is 0 Å². The Bertz CT molecular complexity index is 231. The second kappa shape index (κ2) is 3.01. The molecular formula is C6H7BO2S. The summed E-state index contributed by atoms with van der Waals surface area (Å²) in [6.45, 7) is 3.55. The highest BCUT2D eigenvalue weighted by Gasteiger charge is 2.11. The van der Waals surface area contributed by atoms with Crippen molar-refractivity contribution < 1.29 is 10.0 Å². The lowest BCUT2D eigenvalue weighted by Crippen LogP contribution is -2.27. The zero-order chi connectivity index (χ0) is 7.56. The van der Waals surface area contributed by atoms with E-state index in [9.17, 15) is 0 Å². The van der Waals surface area contributed by atoms with Gasteiger partial charge in [-0.3, -0.25) is 0 Å². The van der Waals surface area contributed by atoms with E-state index in [0.29, 0.717) is 5.46 Å². The van der Waals surface area contributed by atoms with Crippen molar-refractivity contribution in [3.63, 3.8) is 0 Å². The number of rotatable bonds is 2. The van der Waals surface area contributed by atoms with E-state index >= 15 is 0 Å². The lowest BCUT2D eigenvalue weighted by atomic mass is 9.83. The highest BCUT2D eigenvalue weighted by atomic mass is 32.1. The molecular weight excluding hydrogens is 147 g/mol. The van der Waals surface area contributed by atoms with Crippen LogP contribution in [0.5, 0.6) is 0 Å². The van der Waals surface area contributed by atoms with Crippen LogP contribution >= 0.6 is 11.3 Å². The molecule has 52 valence electrons. The van der Waals surface area contributed by atoms with Gasteiger partial charge in [-0.05, 0) is 16.9 Å². The third-order valence-corrected chi connectivity index (χ3v) is 2.09. The molecule has 0 atom stereocenters. The molecule has 0 fully saturated rings. The Kier molecular flexibility index (Phi) is 2.27. The van der Waals surface area contributed by atoms with Crippen molar-refractivity contribution in [1.29, 1.82) is 0 Å². The largest absolute Gasteiger partial charge is 0.489 e. The first-order valence-corrected chi connectivity index (χ1v) is 3.69. The van der Waals surface area contributed by atoms with E-state index < -0.39 is 7.12 Å². The fourth-order valence-corrected chi connectivity index (χ4v) is 1.37. The fraction of sp³-hybridized carbons (Fsp3) is 0. The SMILES string of the molecule is C=Cc1cc(B(O)O)cs1. The quantitative estimate of drug-likeness (QED) is 0.591. The normalized spacial score (nSPS) is 9.40. The van der Waals surface area contributed by atoms with Gasteiger partial charge in [0.25, 0.3) is 0 Å². The Morgan fingerprint density at radius 3 is 2.60 bits per heavy atom. The third-order valence-electron chi connectivity index (χ3n) is 1.14. The molecule has 0 aromatic carbocycles. The zero-order valence-corrected chi connectivity index (χ0v) is 6.14. The zero-order valence-electron chi connectivity index (χ0n) is 5.32. The van der Waals surface area contributed by atoms with Gasteiger partial charge in [-0.15, -0.1) is 11.3 Å². The Hall–Kier alpha value is -0.575. The molecule has 4 heteroatoms. The highest BCUT2D eigenvalue weighted by molar-refractivity contribution is 7.12. The van der Waals surface area contributed by atoms with Crippen molar-refractivity contribution in [3.8, 4) is 0 Å². The summed E-state index contributed by atoms with van der Waals surface area (Å²) in [5.41, 5.74) is 0.528. The van der Waals surface area contributed by atoms with Crippen LogP contribution in [-0.2, 0) is 0 Å².